The summed E-state index contributed by atoms with van der Waals surface area (Å²) in [4.78, 5) is 42.3. The Morgan fingerprint density at radius 2 is 1.36 bits per heavy atom. The van der Waals surface area contributed by atoms with Crippen molar-refractivity contribution < 1.29 is 9.59 Å². The minimum absolute atomic E-state index is 0.321. The van der Waals surface area contributed by atoms with Crippen molar-refractivity contribution in [1.29, 1.82) is 0 Å². The number of aromatic nitrogens is 4. The van der Waals surface area contributed by atoms with E-state index in [9.17, 15) is 9.59 Å². The van der Waals surface area contributed by atoms with Gasteiger partial charge in [-0.2, -0.15) is 0 Å². The number of amides is 2. The Bertz CT molecular complexity index is 1170. The Labute approximate surface area is 199 Å². The molecule has 3 aromatic rings. The first-order valence-electron chi connectivity index (χ1n) is 9.87. The van der Waals surface area contributed by atoms with Crippen LogP contribution in [0.25, 0.3) is 0 Å². The second-order valence-corrected chi connectivity index (χ2v) is 8.11. The SMILES string of the molecule is CC1=C(C(=O)Nc2ccc(Cl)cn2)C(c2ncc[nH]2)C(C(=O)Nc2ccc(Cl)cn2)=C(C)N1. The second-order valence-electron chi connectivity index (χ2n) is 7.24. The van der Waals surface area contributed by atoms with Gasteiger partial charge in [-0.3, -0.25) is 9.59 Å². The number of pyridine rings is 2. The van der Waals surface area contributed by atoms with Crippen molar-refractivity contribution in [3.8, 4) is 0 Å². The van der Waals surface area contributed by atoms with Gasteiger partial charge in [0.1, 0.15) is 17.5 Å². The predicted molar refractivity (Wildman–Crippen MR) is 126 cm³/mol. The third-order valence-electron chi connectivity index (χ3n) is 4.98. The molecular formula is C22H19Cl2N7O2. The maximum atomic E-state index is 13.3. The van der Waals surface area contributed by atoms with Gasteiger partial charge >= 0.3 is 0 Å². The molecule has 0 fully saturated rings. The molecule has 4 N–H and O–H groups in total. The molecule has 4 rings (SSSR count). The number of anilines is 2. The zero-order chi connectivity index (χ0) is 23.5. The fraction of sp³-hybridized carbons (Fsp3) is 0.136. The Morgan fingerprint density at radius 3 is 1.76 bits per heavy atom. The van der Waals surface area contributed by atoms with Gasteiger partial charge in [0.05, 0.1) is 27.1 Å². The number of nitrogens with zero attached hydrogens (tertiary/aromatic N) is 3. The Balaban J connectivity index is 1.69. The number of carbonyl (C=O) groups excluding carboxylic acids is 2. The van der Waals surface area contributed by atoms with Crippen molar-refractivity contribution in [2.75, 3.05) is 10.6 Å². The maximum absolute atomic E-state index is 13.3. The van der Waals surface area contributed by atoms with Crippen LogP contribution in [0.1, 0.15) is 25.6 Å². The minimum Gasteiger partial charge on any atom is -0.362 e. The molecule has 0 aromatic carbocycles. The first kappa shape index (κ1) is 22.5. The van der Waals surface area contributed by atoms with Crippen LogP contribution >= 0.6 is 23.2 Å². The number of nitrogens with one attached hydrogen (secondary N) is 4. The number of aromatic amines is 1. The van der Waals surface area contributed by atoms with Crippen LogP contribution < -0.4 is 16.0 Å². The topological polar surface area (TPSA) is 125 Å². The molecule has 9 nitrogen and oxygen atoms in total. The van der Waals surface area contributed by atoms with Crippen molar-refractivity contribution in [2.45, 2.75) is 19.8 Å². The maximum Gasteiger partial charge on any atom is 0.255 e. The molecule has 2 amide bonds. The summed E-state index contributed by atoms with van der Waals surface area (Å²) in [5.41, 5.74) is 1.81. The molecule has 0 bridgehead atoms. The Morgan fingerprint density at radius 1 is 0.848 bits per heavy atom. The van der Waals surface area contributed by atoms with E-state index in [-0.39, 0.29) is 0 Å². The number of dihydropyridines is 1. The van der Waals surface area contributed by atoms with Gasteiger partial charge in [-0.25, -0.2) is 15.0 Å². The highest BCUT2D eigenvalue weighted by Gasteiger charge is 2.38. The molecule has 168 valence electrons. The van der Waals surface area contributed by atoms with Crippen molar-refractivity contribution >= 4 is 46.7 Å². The van der Waals surface area contributed by atoms with E-state index in [2.05, 4.69) is 35.9 Å². The van der Waals surface area contributed by atoms with Crippen LogP contribution in [0.4, 0.5) is 11.6 Å². The molecule has 3 aromatic heterocycles. The molecule has 0 spiro atoms. The Kier molecular flexibility index (Phi) is 6.43. The number of H-pyrrole nitrogens is 1. The normalized spacial score (nSPS) is 14.2. The van der Waals surface area contributed by atoms with Gasteiger partial charge in [0.15, 0.2) is 0 Å². The zero-order valence-electron chi connectivity index (χ0n) is 17.6. The van der Waals surface area contributed by atoms with Crippen LogP contribution in [0.2, 0.25) is 10.0 Å². The van der Waals surface area contributed by atoms with Gasteiger partial charge < -0.3 is 20.9 Å². The van der Waals surface area contributed by atoms with Crippen LogP contribution in [-0.2, 0) is 9.59 Å². The second kappa shape index (κ2) is 9.43. The number of hydrogen-bond acceptors (Lipinski definition) is 6. The van der Waals surface area contributed by atoms with E-state index in [4.69, 9.17) is 23.2 Å². The quantitative estimate of drug-likeness (QED) is 0.434. The van der Waals surface area contributed by atoms with Crippen LogP contribution in [0.5, 0.6) is 0 Å². The van der Waals surface area contributed by atoms with Gasteiger partial charge in [-0.1, -0.05) is 23.2 Å². The van der Waals surface area contributed by atoms with Gasteiger partial charge in [0, 0.05) is 36.2 Å². The summed E-state index contributed by atoms with van der Waals surface area (Å²) < 4.78 is 0. The summed E-state index contributed by atoms with van der Waals surface area (Å²) in [5, 5.41) is 9.56. The molecule has 33 heavy (non-hydrogen) atoms. The van der Waals surface area contributed by atoms with Gasteiger partial charge in [-0.15, -0.1) is 0 Å². The number of hydrogen-bond donors (Lipinski definition) is 4. The molecule has 0 unspecified atom stereocenters. The lowest BCUT2D eigenvalue weighted by Gasteiger charge is -2.29. The van der Waals surface area contributed by atoms with Crippen molar-refractivity contribution in [2.24, 2.45) is 0 Å². The lowest BCUT2D eigenvalue weighted by molar-refractivity contribution is -0.113. The predicted octanol–water partition coefficient (Wildman–Crippen LogP) is 4.02. The number of imidazole rings is 1. The average molecular weight is 484 g/mol. The molecule has 1 aliphatic rings. The van der Waals surface area contributed by atoms with Crippen molar-refractivity contribution in [3.05, 3.63) is 87.5 Å². The third-order valence-corrected chi connectivity index (χ3v) is 5.43. The average Bonchev–Trinajstić information content (AvgIpc) is 3.31. The molecule has 0 saturated heterocycles. The van der Waals surface area contributed by atoms with Crippen molar-refractivity contribution in [3.63, 3.8) is 0 Å². The van der Waals surface area contributed by atoms with Crippen LogP contribution in [-0.4, -0.2) is 31.8 Å². The number of halogens is 2. The summed E-state index contributed by atoms with van der Waals surface area (Å²) in [6, 6.07) is 6.43. The van der Waals surface area contributed by atoms with E-state index in [1.54, 1.807) is 50.5 Å². The summed E-state index contributed by atoms with van der Waals surface area (Å²) in [6.07, 6.45) is 6.07. The third kappa shape index (κ3) is 4.89. The van der Waals surface area contributed by atoms with Gasteiger partial charge in [0.2, 0.25) is 0 Å². The molecule has 4 heterocycles. The fourth-order valence-corrected chi connectivity index (χ4v) is 3.80. The molecule has 0 radical (unpaired) electrons. The number of carbonyl (C=O) groups is 2. The first-order valence-corrected chi connectivity index (χ1v) is 10.6. The highest BCUT2D eigenvalue weighted by Crippen LogP contribution is 2.37. The lowest BCUT2D eigenvalue weighted by atomic mass is 9.83. The zero-order valence-corrected chi connectivity index (χ0v) is 19.1. The van der Waals surface area contributed by atoms with Crippen LogP contribution in [0.15, 0.2) is 71.6 Å². The van der Waals surface area contributed by atoms with E-state index in [1.807, 2.05) is 0 Å². The van der Waals surface area contributed by atoms with Gasteiger partial charge in [-0.05, 0) is 38.1 Å². The molecule has 11 heteroatoms. The largest absolute Gasteiger partial charge is 0.362 e. The van der Waals surface area contributed by atoms with E-state index in [1.165, 1.54) is 12.4 Å². The highest BCUT2D eigenvalue weighted by molar-refractivity contribution is 6.30. The summed E-state index contributed by atoms with van der Waals surface area (Å²) >= 11 is 11.8. The monoisotopic (exact) mass is 483 g/mol. The van der Waals surface area contributed by atoms with E-state index in [0.29, 0.717) is 50.0 Å². The van der Waals surface area contributed by atoms with E-state index >= 15 is 0 Å². The molecule has 0 atom stereocenters. The van der Waals surface area contributed by atoms with E-state index < -0.39 is 17.7 Å². The van der Waals surface area contributed by atoms with Crippen LogP contribution in [0, 0.1) is 0 Å². The summed E-state index contributed by atoms with van der Waals surface area (Å²) in [5.74, 6) is -0.534. The highest BCUT2D eigenvalue weighted by atomic mass is 35.5. The molecule has 0 saturated carbocycles. The molecular weight excluding hydrogens is 465 g/mol. The fourth-order valence-electron chi connectivity index (χ4n) is 3.57. The summed E-state index contributed by atoms with van der Waals surface area (Å²) in [6.45, 7) is 3.53. The standard InChI is InChI=1S/C22H19Cl2N7O2/c1-11-17(21(32)30-15-5-3-13(23)9-27-15)19(20-25-7-8-26-20)18(12(2)29-11)22(33)31-16-6-4-14(24)10-28-16/h3-10,19,29H,1-2H3,(H,25,26)(H,27,30,32)(H,28,31,33). The van der Waals surface area contributed by atoms with Crippen molar-refractivity contribution in [1.82, 2.24) is 25.3 Å². The smallest absolute Gasteiger partial charge is 0.255 e. The Hall–Kier alpha value is -3.69. The van der Waals surface area contributed by atoms with Crippen LogP contribution in [0.3, 0.4) is 0 Å². The van der Waals surface area contributed by atoms with E-state index in [0.717, 1.165) is 0 Å². The minimum atomic E-state index is -0.763. The van der Waals surface area contributed by atoms with Gasteiger partial charge in [0.25, 0.3) is 11.8 Å². The first-order chi connectivity index (χ1) is 15.8. The lowest BCUT2D eigenvalue weighted by Crippen LogP contribution is -2.35. The molecule has 0 aliphatic carbocycles. The number of allylic oxidation sites excluding steroid dienone is 2. The summed E-state index contributed by atoms with van der Waals surface area (Å²) in [7, 11) is 0. The molecule has 1 aliphatic heterocycles. The number of rotatable bonds is 5.